The van der Waals surface area contributed by atoms with E-state index in [1.165, 1.54) is 32.1 Å². The van der Waals surface area contributed by atoms with Crippen molar-refractivity contribution in [1.82, 2.24) is 10.2 Å². The summed E-state index contributed by atoms with van der Waals surface area (Å²) in [4.78, 5) is 23.5. The van der Waals surface area contributed by atoms with Crippen molar-refractivity contribution in [3.63, 3.8) is 0 Å². The molecule has 0 atom stereocenters. The van der Waals surface area contributed by atoms with Crippen LogP contribution in [0.15, 0.2) is 0 Å². The Bertz CT molecular complexity index is 213. The average molecular weight is 212 g/mol. The van der Waals surface area contributed by atoms with E-state index in [1.807, 2.05) is 7.05 Å². The van der Waals surface area contributed by atoms with Gasteiger partial charge in [-0.25, -0.2) is 0 Å². The number of likely N-dealkylation sites (N-methyl/N-ethyl adjacent to an activating group) is 1. The molecule has 1 rings (SSSR count). The van der Waals surface area contributed by atoms with E-state index in [4.69, 9.17) is 0 Å². The van der Waals surface area contributed by atoms with Crippen LogP contribution in [0.2, 0.25) is 0 Å². The molecule has 0 aromatic rings. The van der Waals surface area contributed by atoms with Gasteiger partial charge in [0.25, 0.3) is 0 Å². The monoisotopic (exact) mass is 212 g/mol. The van der Waals surface area contributed by atoms with E-state index in [2.05, 4.69) is 10.2 Å². The number of amides is 1. The maximum Gasteiger partial charge on any atom is 0.234 e. The van der Waals surface area contributed by atoms with Gasteiger partial charge in [-0.15, -0.1) is 0 Å². The van der Waals surface area contributed by atoms with Crippen molar-refractivity contribution in [1.29, 1.82) is 0 Å². The first-order chi connectivity index (χ1) is 7.24. The van der Waals surface area contributed by atoms with Crippen LogP contribution in [-0.2, 0) is 9.59 Å². The Balaban J connectivity index is 2.23. The van der Waals surface area contributed by atoms with Gasteiger partial charge in [-0.1, -0.05) is 19.3 Å². The second-order valence-corrected chi connectivity index (χ2v) is 4.18. The Hall–Kier alpha value is -0.900. The third-order valence-corrected chi connectivity index (χ3v) is 2.97. The summed E-state index contributed by atoms with van der Waals surface area (Å²) in [5, 5.41) is 2.55. The molecule has 1 aliphatic carbocycles. The van der Waals surface area contributed by atoms with Gasteiger partial charge in [-0.3, -0.25) is 9.69 Å². The molecule has 1 aliphatic rings. The van der Waals surface area contributed by atoms with Gasteiger partial charge in [-0.05, 0) is 19.9 Å². The van der Waals surface area contributed by atoms with Crippen LogP contribution in [0.4, 0.5) is 0 Å². The van der Waals surface area contributed by atoms with Gasteiger partial charge >= 0.3 is 0 Å². The molecule has 1 fully saturated rings. The minimum Gasteiger partial charge on any atom is -0.348 e. The number of carbonyl (C=O) groups is 2. The van der Waals surface area contributed by atoms with Crippen molar-refractivity contribution in [3.8, 4) is 0 Å². The smallest absolute Gasteiger partial charge is 0.234 e. The lowest BCUT2D eigenvalue weighted by molar-refractivity contribution is -0.123. The van der Waals surface area contributed by atoms with E-state index < -0.39 is 0 Å². The molecule has 0 aromatic carbocycles. The molecular formula is C11H20N2O2. The highest BCUT2D eigenvalue weighted by molar-refractivity contribution is 5.80. The Morgan fingerprint density at radius 1 is 1.40 bits per heavy atom. The molecule has 0 heterocycles. The standard InChI is InChI=1S/C11H20N2O2/c1-13(9-11(15)12-7-8-14)10-5-3-2-4-6-10/h8,10H,2-7,9H2,1H3,(H,12,15). The van der Waals surface area contributed by atoms with Crippen LogP contribution in [-0.4, -0.2) is 43.3 Å². The van der Waals surface area contributed by atoms with Gasteiger partial charge in [0, 0.05) is 6.04 Å². The Morgan fingerprint density at radius 3 is 2.67 bits per heavy atom. The lowest BCUT2D eigenvalue weighted by Gasteiger charge is -2.30. The predicted molar refractivity (Wildman–Crippen MR) is 58.6 cm³/mol. The summed E-state index contributed by atoms with van der Waals surface area (Å²) in [6.07, 6.45) is 6.95. The number of nitrogens with one attached hydrogen (secondary N) is 1. The number of nitrogens with zero attached hydrogens (tertiary/aromatic N) is 1. The molecule has 0 spiro atoms. The summed E-state index contributed by atoms with van der Waals surface area (Å²) in [6.45, 7) is 0.524. The van der Waals surface area contributed by atoms with Crippen molar-refractivity contribution >= 4 is 12.2 Å². The molecule has 86 valence electrons. The molecular weight excluding hydrogens is 192 g/mol. The van der Waals surface area contributed by atoms with Gasteiger partial charge in [0.1, 0.15) is 6.29 Å². The van der Waals surface area contributed by atoms with Crippen molar-refractivity contribution < 1.29 is 9.59 Å². The summed E-state index contributed by atoms with van der Waals surface area (Å²) < 4.78 is 0. The third-order valence-electron chi connectivity index (χ3n) is 2.97. The predicted octanol–water partition coefficient (Wildman–Crippen LogP) is 0.566. The first kappa shape index (κ1) is 12.2. The van der Waals surface area contributed by atoms with Crippen LogP contribution < -0.4 is 5.32 Å². The number of hydrogen-bond donors (Lipinski definition) is 1. The Labute approximate surface area is 91.0 Å². The van der Waals surface area contributed by atoms with Crippen LogP contribution in [0.5, 0.6) is 0 Å². The number of hydrogen-bond acceptors (Lipinski definition) is 3. The molecule has 0 saturated heterocycles. The van der Waals surface area contributed by atoms with Gasteiger partial charge in [-0.2, -0.15) is 0 Å². The van der Waals surface area contributed by atoms with E-state index in [0.29, 0.717) is 18.9 Å². The highest BCUT2D eigenvalue weighted by Gasteiger charge is 2.19. The van der Waals surface area contributed by atoms with E-state index in [-0.39, 0.29) is 12.5 Å². The molecule has 0 bridgehead atoms. The Kier molecular flexibility index (Phi) is 5.32. The minimum atomic E-state index is -0.0600. The van der Waals surface area contributed by atoms with Crippen LogP contribution in [0, 0.1) is 0 Å². The summed E-state index contributed by atoms with van der Waals surface area (Å²) in [7, 11) is 1.98. The fourth-order valence-corrected chi connectivity index (χ4v) is 2.09. The molecule has 4 nitrogen and oxygen atoms in total. The quantitative estimate of drug-likeness (QED) is 0.678. The topological polar surface area (TPSA) is 49.4 Å². The maximum absolute atomic E-state index is 11.3. The zero-order valence-corrected chi connectivity index (χ0v) is 9.37. The number of aldehydes is 1. The second-order valence-electron chi connectivity index (χ2n) is 4.18. The lowest BCUT2D eigenvalue weighted by atomic mass is 9.94. The van der Waals surface area contributed by atoms with Crippen molar-refractivity contribution in [2.75, 3.05) is 20.1 Å². The second kappa shape index (κ2) is 6.56. The normalized spacial score (nSPS) is 17.7. The number of rotatable bonds is 5. The third kappa shape index (κ3) is 4.42. The highest BCUT2D eigenvalue weighted by Crippen LogP contribution is 2.21. The molecule has 1 saturated carbocycles. The van der Waals surface area contributed by atoms with Crippen LogP contribution in [0.3, 0.4) is 0 Å². The molecule has 0 radical (unpaired) electrons. The zero-order valence-electron chi connectivity index (χ0n) is 9.37. The minimum absolute atomic E-state index is 0.0600. The molecule has 0 aliphatic heterocycles. The number of carbonyl (C=O) groups excluding carboxylic acids is 2. The van der Waals surface area contributed by atoms with Crippen molar-refractivity contribution in [3.05, 3.63) is 0 Å². The fraction of sp³-hybridized carbons (Fsp3) is 0.818. The van der Waals surface area contributed by atoms with E-state index in [1.54, 1.807) is 0 Å². The Morgan fingerprint density at radius 2 is 2.07 bits per heavy atom. The van der Waals surface area contributed by atoms with E-state index in [0.717, 1.165) is 0 Å². The van der Waals surface area contributed by atoms with Crippen LogP contribution >= 0.6 is 0 Å². The summed E-state index contributed by atoms with van der Waals surface area (Å²) in [5.74, 6) is -0.0600. The highest BCUT2D eigenvalue weighted by atomic mass is 16.2. The fourth-order valence-electron chi connectivity index (χ4n) is 2.09. The zero-order chi connectivity index (χ0) is 11.1. The largest absolute Gasteiger partial charge is 0.348 e. The lowest BCUT2D eigenvalue weighted by Crippen LogP contribution is -2.41. The van der Waals surface area contributed by atoms with Gasteiger partial charge in [0.15, 0.2) is 0 Å². The van der Waals surface area contributed by atoms with Gasteiger partial charge < -0.3 is 10.1 Å². The average Bonchev–Trinajstić information content (AvgIpc) is 2.27. The molecule has 0 aromatic heterocycles. The van der Waals surface area contributed by atoms with Gasteiger partial charge in [0.2, 0.25) is 5.91 Å². The van der Waals surface area contributed by atoms with Gasteiger partial charge in [0.05, 0.1) is 13.1 Å². The van der Waals surface area contributed by atoms with Crippen LogP contribution in [0.1, 0.15) is 32.1 Å². The molecule has 15 heavy (non-hydrogen) atoms. The first-order valence-corrected chi connectivity index (χ1v) is 5.64. The van der Waals surface area contributed by atoms with E-state index in [9.17, 15) is 9.59 Å². The summed E-state index contributed by atoms with van der Waals surface area (Å²) in [5.41, 5.74) is 0. The van der Waals surface area contributed by atoms with E-state index >= 15 is 0 Å². The van der Waals surface area contributed by atoms with Crippen molar-refractivity contribution in [2.24, 2.45) is 0 Å². The summed E-state index contributed by atoms with van der Waals surface area (Å²) >= 11 is 0. The molecule has 1 amide bonds. The molecule has 1 N–H and O–H groups in total. The van der Waals surface area contributed by atoms with Crippen molar-refractivity contribution in [2.45, 2.75) is 38.1 Å². The van der Waals surface area contributed by atoms with Crippen LogP contribution in [0.25, 0.3) is 0 Å². The molecule has 4 heteroatoms. The molecule has 0 unspecified atom stereocenters. The SMILES string of the molecule is CN(CC(=O)NCC=O)C1CCCCC1. The first-order valence-electron chi connectivity index (χ1n) is 5.64. The maximum atomic E-state index is 11.3. The summed E-state index contributed by atoms with van der Waals surface area (Å²) in [6, 6.07) is 0.542.